The molecule has 100 valence electrons. The van der Waals surface area contributed by atoms with E-state index in [4.69, 9.17) is 21.9 Å². The number of carbonyl (C=O) groups is 1. The molecule has 0 radical (unpaired) electrons. The van der Waals surface area contributed by atoms with Crippen molar-refractivity contribution in [2.75, 3.05) is 6.54 Å². The number of amides is 1. The van der Waals surface area contributed by atoms with Crippen LogP contribution in [0.4, 0.5) is 0 Å². The molecule has 6 nitrogen and oxygen atoms in total. The van der Waals surface area contributed by atoms with Crippen LogP contribution in [0.5, 0.6) is 0 Å². The van der Waals surface area contributed by atoms with E-state index in [0.29, 0.717) is 23.3 Å². The summed E-state index contributed by atoms with van der Waals surface area (Å²) in [5.41, 5.74) is 6.07. The van der Waals surface area contributed by atoms with E-state index in [1.807, 2.05) is 0 Å². The molecule has 1 amide bonds. The van der Waals surface area contributed by atoms with E-state index in [1.54, 1.807) is 24.3 Å². The average Bonchev–Trinajstić information content (AvgIpc) is 2.86. The standard InChI is InChI=1S/C12H13ClN4O2/c13-9-3-1-8(2-4-9)12-16-11(19-17-12)7-15-10(18)5-6-14/h1-4H,5-7,14H2,(H,15,18). The third kappa shape index (κ3) is 3.77. The maximum Gasteiger partial charge on any atom is 0.246 e. The smallest absolute Gasteiger partial charge is 0.246 e. The van der Waals surface area contributed by atoms with E-state index in [-0.39, 0.29) is 18.9 Å². The average molecular weight is 281 g/mol. The zero-order chi connectivity index (χ0) is 13.7. The summed E-state index contributed by atoms with van der Waals surface area (Å²) in [6, 6.07) is 7.08. The van der Waals surface area contributed by atoms with Crippen molar-refractivity contribution in [1.82, 2.24) is 15.5 Å². The highest BCUT2D eigenvalue weighted by Gasteiger charge is 2.09. The monoisotopic (exact) mass is 280 g/mol. The Morgan fingerprint density at radius 3 is 2.79 bits per heavy atom. The Morgan fingerprint density at radius 1 is 1.37 bits per heavy atom. The first-order chi connectivity index (χ1) is 9.19. The summed E-state index contributed by atoms with van der Waals surface area (Å²) in [7, 11) is 0. The molecule has 0 bridgehead atoms. The Bertz CT molecular complexity index is 553. The van der Waals surface area contributed by atoms with Gasteiger partial charge in [0, 0.05) is 23.6 Å². The summed E-state index contributed by atoms with van der Waals surface area (Å²) in [6.45, 7) is 0.505. The van der Waals surface area contributed by atoms with Crippen molar-refractivity contribution in [3.8, 4) is 11.4 Å². The normalized spacial score (nSPS) is 10.4. The molecule has 0 spiro atoms. The van der Waals surface area contributed by atoms with Crippen molar-refractivity contribution in [2.45, 2.75) is 13.0 Å². The molecule has 0 unspecified atom stereocenters. The van der Waals surface area contributed by atoms with Gasteiger partial charge >= 0.3 is 0 Å². The fourth-order valence-corrected chi connectivity index (χ4v) is 1.56. The molecule has 19 heavy (non-hydrogen) atoms. The molecule has 0 fully saturated rings. The molecule has 0 aliphatic rings. The quantitative estimate of drug-likeness (QED) is 0.862. The van der Waals surface area contributed by atoms with Crippen LogP contribution >= 0.6 is 11.6 Å². The van der Waals surface area contributed by atoms with Gasteiger partial charge in [0.1, 0.15) is 0 Å². The van der Waals surface area contributed by atoms with Crippen molar-refractivity contribution in [3.63, 3.8) is 0 Å². The van der Waals surface area contributed by atoms with Crippen molar-refractivity contribution in [1.29, 1.82) is 0 Å². The Morgan fingerprint density at radius 2 is 2.11 bits per heavy atom. The van der Waals surface area contributed by atoms with E-state index in [0.717, 1.165) is 5.56 Å². The van der Waals surface area contributed by atoms with Gasteiger partial charge in [0.2, 0.25) is 17.6 Å². The van der Waals surface area contributed by atoms with Gasteiger partial charge in [-0.15, -0.1) is 0 Å². The number of benzene rings is 1. The minimum absolute atomic E-state index is 0.145. The minimum Gasteiger partial charge on any atom is -0.347 e. The zero-order valence-corrected chi connectivity index (χ0v) is 10.9. The Kier molecular flexibility index (Phi) is 4.48. The third-order valence-electron chi connectivity index (χ3n) is 2.38. The number of carbonyl (C=O) groups excluding carboxylic acids is 1. The summed E-state index contributed by atoms with van der Waals surface area (Å²) >= 11 is 5.80. The molecule has 0 atom stereocenters. The summed E-state index contributed by atoms with van der Waals surface area (Å²) in [4.78, 5) is 15.4. The van der Waals surface area contributed by atoms with Crippen LogP contribution in [0.15, 0.2) is 28.8 Å². The van der Waals surface area contributed by atoms with Crippen LogP contribution in [-0.2, 0) is 11.3 Å². The van der Waals surface area contributed by atoms with E-state index >= 15 is 0 Å². The van der Waals surface area contributed by atoms with E-state index in [2.05, 4.69) is 15.5 Å². The van der Waals surface area contributed by atoms with E-state index in [9.17, 15) is 4.79 Å². The molecule has 1 aromatic carbocycles. The summed E-state index contributed by atoms with van der Waals surface area (Å²) in [6.07, 6.45) is 0.276. The number of rotatable bonds is 5. The topological polar surface area (TPSA) is 94.0 Å². The first kappa shape index (κ1) is 13.5. The summed E-state index contributed by atoms with van der Waals surface area (Å²) in [5.74, 6) is 0.656. The zero-order valence-electron chi connectivity index (χ0n) is 10.1. The van der Waals surface area contributed by atoms with Crippen LogP contribution in [0.2, 0.25) is 5.02 Å². The lowest BCUT2D eigenvalue weighted by molar-refractivity contribution is -0.121. The van der Waals surface area contributed by atoms with Crippen LogP contribution in [0.25, 0.3) is 11.4 Å². The number of nitrogens with zero attached hydrogens (tertiary/aromatic N) is 2. The molecule has 3 N–H and O–H groups in total. The van der Waals surface area contributed by atoms with Crippen LogP contribution < -0.4 is 11.1 Å². The van der Waals surface area contributed by atoms with Crippen LogP contribution in [0, 0.1) is 0 Å². The number of halogens is 1. The number of hydrogen-bond acceptors (Lipinski definition) is 5. The first-order valence-electron chi connectivity index (χ1n) is 5.74. The predicted molar refractivity (Wildman–Crippen MR) is 70.3 cm³/mol. The van der Waals surface area contributed by atoms with Gasteiger partial charge in [-0.25, -0.2) is 0 Å². The fraction of sp³-hybridized carbons (Fsp3) is 0.250. The molecule has 2 rings (SSSR count). The molecule has 0 saturated heterocycles. The lowest BCUT2D eigenvalue weighted by Crippen LogP contribution is -2.25. The van der Waals surface area contributed by atoms with Crippen LogP contribution in [0.3, 0.4) is 0 Å². The van der Waals surface area contributed by atoms with Crippen molar-refractivity contribution >= 4 is 17.5 Å². The van der Waals surface area contributed by atoms with Crippen molar-refractivity contribution in [3.05, 3.63) is 35.2 Å². The van der Waals surface area contributed by atoms with Gasteiger partial charge in [0.15, 0.2) is 0 Å². The second-order valence-electron chi connectivity index (χ2n) is 3.83. The highest BCUT2D eigenvalue weighted by Crippen LogP contribution is 2.18. The van der Waals surface area contributed by atoms with Gasteiger partial charge < -0.3 is 15.6 Å². The number of hydrogen-bond donors (Lipinski definition) is 2. The number of nitrogens with two attached hydrogens (primary N) is 1. The van der Waals surface area contributed by atoms with Crippen molar-refractivity contribution < 1.29 is 9.32 Å². The Balaban J connectivity index is 1.99. The SMILES string of the molecule is NCCC(=O)NCc1nc(-c2ccc(Cl)cc2)no1. The van der Waals surface area contributed by atoms with Crippen LogP contribution in [-0.4, -0.2) is 22.6 Å². The Hall–Kier alpha value is -1.92. The maximum atomic E-state index is 11.2. The highest BCUT2D eigenvalue weighted by atomic mass is 35.5. The van der Waals surface area contributed by atoms with Gasteiger partial charge in [-0.2, -0.15) is 4.98 Å². The second-order valence-corrected chi connectivity index (χ2v) is 4.27. The van der Waals surface area contributed by atoms with E-state index < -0.39 is 0 Å². The molecule has 1 aromatic heterocycles. The highest BCUT2D eigenvalue weighted by molar-refractivity contribution is 6.30. The molecule has 0 aliphatic carbocycles. The number of aromatic nitrogens is 2. The van der Waals surface area contributed by atoms with Gasteiger partial charge in [0.05, 0.1) is 6.54 Å². The lowest BCUT2D eigenvalue weighted by Gasteiger charge is -1.98. The van der Waals surface area contributed by atoms with Gasteiger partial charge in [0.25, 0.3) is 0 Å². The molecular formula is C12H13ClN4O2. The maximum absolute atomic E-state index is 11.2. The second kappa shape index (κ2) is 6.31. The van der Waals surface area contributed by atoms with Crippen molar-refractivity contribution in [2.24, 2.45) is 5.73 Å². The largest absolute Gasteiger partial charge is 0.347 e. The van der Waals surface area contributed by atoms with Gasteiger partial charge in [-0.1, -0.05) is 16.8 Å². The number of nitrogens with one attached hydrogen (secondary N) is 1. The molecular weight excluding hydrogens is 268 g/mol. The van der Waals surface area contributed by atoms with Gasteiger partial charge in [-0.3, -0.25) is 4.79 Å². The molecule has 7 heteroatoms. The molecule has 1 heterocycles. The van der Waals surface area contributed by atoms with E-state index in [1.165, 1.54) is 0 Å². The Labute approximate surface area is 114 Å². The minimum atomic E-state index is -0.145. The molecule has 2 aromatic rings. The predicted octanol–water partition coefficient (Wildman–Crippen LogP) is 1.36. The molecule has 0 saturated carbocycles. The van der Waals surface area contributed by atoms with Crippen LogP contribution in [0.1, 0.15) is 12.3 Å². The van der Waals surface area contributed by atoms with Gasteiger partial charge in [-0.05, 0) is 24.3 Å². The summed E-state index contributed by atoms with van der Waals surface area (Å²) < 4.78 is 5.04. The first-order valence-corrected chi connectivity index (χ1v) is 6.12. The fourth-order valence-electron chi connectivity index (χ4n) is 1.44. The third-order valence-corrected chi connectivity index (χ3v) is 2.63. The summed E-state index contributed by atoms with van der Waals surface area (Å²) in [5, 5.41) is 7.11. The molecule has 0 aliphatic heterocycles. The lowest BCUT2D eigenvalue weighted by atomic mass is 10.2.